The van der Waals surface area contributed by atoms with Gasteiger partial charge in [0.05, 0.1) is 22.0 Å². The summed E-state index contributed by atoms with van der Waals surface area (Å²) in [5.74, 6) is -0.361. The van der Waals surface area contributed by atoms with Crippen molar-refractivity contribution in [2.45, 2.75) is 19.1 Å². The molecule has 26 heavy (non-hydrogen) atoms. The molecule has 0 spiro atoms. The van der Waals surface area contributed by atoms with E-state index in [0.717, 1.165) is 11.6 Å². The number of nitro groups is 2. The fourth-order valence-electron chi connectivity index (χ4n) is 3.05. The van der Waals surface area contributed by atoms with Gasteiger partial charge in [-0.05, 0) is 30.7 Å². The predicted octanol–water partition coefficient (Wildman–Crippen LogP) is 3.61. The summed E-state index contributed by atoms with van der Waals surface area (Å²) in [6.45, 7) is 2.55. The van der Waals surface area contributed by atoms with E-state index in [1.807, 2.05) is 6.92 Å². The third-order valence-corrected chi connectivity index (χ3v) is 4.21. The van der Waals surface area contributed by atoms with Crippen molar-refractivity contribution >= 4 is 17.1 Å². The summed E-state index contributed by atoms with van der Waals surface area (Å²) in [6.07, 6.45) is -0.622. The van der Waals surface area contributed by atoms with E-state index in [0.29, 0.717) is 18.8 Å². The van der Waals surface area contributed by atoms with Crippen molar-refractivity contribution in [2.75, 3.05) is 18.0 Å². The highest BCUT2D eigenvalue weighted by Crippen LogP contribution is 2.36. The molecule has 3 rings (SSSR count). The van der Waals surface area contributed by atoms with Gasteiger partial charge in [-0.15, -0.1) is 0 Å². The zero-order chi connectivity index (χ0) is 18.8. The minimum Gasteiger partial charge on any atom is -0.367 e. The van der Waals surface area contributed by atoms with Crippen LogP contribution in [-0.2, 0) is 4.74 Å². The van der Waals surface area contributed by atoms with Gasteiger partial charge in [-0.25, -0.2) is 4.39 Å². The van der Waals surface area contributed by atoms with Crippen molar-refractivity contribution in [3.05, 3.63) is 74.1 Å². The molecule has 8 nitrogen and oxygen atoms in total. The van der Waals surface area contributed by atoms with Crippen LogP contribution in [0.5, 0.6) is 0 Å². The van der Waals surface area contributed by atoms with E-state index in [1.54, 1.807) is 17.0 Å². The molecule has 0 N–H and O–H groups in total. The lowest BCUT2D eigenvalue weighted by atomic mass is 10.1. The van der Waals surface area contributed by atoms with Gasteiger partial charge < -0.3 is 9.64 Å². The van der Waals surface area contributed by atoms with E-state index in [9.17, 15) is 24.6 Å². The van der Waals surface area contributed by atoms with Crippen LogP contribution in [0.4, 0.5) is 21.5 Å². The van der Waals surface area contributed by atoms with Crippen molar-refractivity contribution in [1.82, 2.24) is 0 Å². The van der Waals surface area contributed by atoms with E-state index in [1.165, 1.54) is 24.3 Å². The van der Waals surface area contributed by atoms with Crippen LogP contribution >= 0.6 is 0 Å². The Balaban J connectivity index is 1.94. The Morgan fingerprint density at radius 3 is 2.38 bits per heavy atom. The summed E-state index contributed by atoms with van der Waals surface area (Å²) in [6, 6.07) is 9.47. The zero-order valence-electron chi connectivity index (χ0n) is 13.9. The largest absolute Gasteiger partial charge is 0.367 e. The SMILES string of the molecule is CC1CN(c2ccc([N+](=O)[O-])cc2[N+](=O)[O-])CC(c2ccc(F)cc2)O1. The van der Waals surface area contributed by atoms with Gasteiger partial charge in [0.25, 0.3) is 11.4 Å². The molecule has 136 valence electrons. The molecule has 1 fully saturated rings. The smallest absolute Gasteiger partial charge is 0.299 e. The third kappa shape index (κ3) is 3.62. The Bertz CT molecular complexity index is 843. The standard InChI is InChI=1S/C17H16FN3O5/c1-11-9-19(10-17(26-11)12-2-4-13(18)5-3-12)15-7-6-14(20(22)23)8-16(15)21(24)25/h2-8,11,17H,9-10H2,1H3. The lowest BCUT2D eigenvalue weighted by Gasteiger charge is -2.38. The Labute approximate surface area is 148 Å². The fraction of sp³-hybridized carbons (Fsp3) is 0.294. The van der Waals surface area contributed by atoms with Gasteiger partial charge in [0.15, 0.2) is 0 Å². The molecule has 2 atom stereocenters. The van der Waals surface area contributed by atoms with Crippen LogP contribution in [0, 0.1) is 26.0 Å². The minimum atomic E-state index is -0.667. The zero-order valence-corrected chi connectivity index (χ0v) is 13.9. The van der Waals surface area contributed by atoms with E-state index in [4.69, 9.17) is 4.74 Å². The Morgan fingerprint density at radius 1 is 1.08 bits per heavy atom. The highest BCUT2D eigenvalue weighted by Gasteiger charge is 2.31. The number of morpholine rings is 1. The molecule has 1 aliphatic heterocycles. The molecular formula is C17H16FN3O5. The number of ether oxygens (including phenoxy) is 1. The average molecular weight is 361 g/mol. The van der Waals surface area contributed by atoms with Gasteiger partial charge in [0, 0.05) is 19.2 Å². The van der Waals surface area contributed by atoms with Gasteiger partial charge in [-0.3, -0.25) is 20.2 Å². The number of nitrogens with zero attached hydrogens (tertiary/aromatic N) is 3. The molecule has 1 aliphatic rings. The number of hydrogen-bond donors (Lipinski definition) is 0. The van der Waals surface area contributed by atoms with Crippen LogP contribution in [-0.4, -0.2) is 29.0 Å². The molecule has 1 saturated heterocycles. The molecule has 0 saturated carbocycles. The second kappa shape index (κ2) is 7.04. The monoisotopic (exact) mass is 361 g/mol. The van der Waals surface area contributed by atoms with E-state index in [2.05, 4.69) is 0 Å². The van der Waals surface area contributed by atoms with Crippen LogP contribution < -0.4 is 4.90 Å². The van der Waals surface area contributed by atoms with Gasteiger partial charge >= 0.3 is 0 Å². The first kappa shape index (κ1) is 17.7. The van der Waals surface area contributed by atoms with Gasteiger partial charge in [0.1, 0.15) is 17.6 Å². The number of benzene rings is 2. The molecule has 1 heterocycles. The molecule has 2 aromatic carbocycles. The van der Waals surface area contributed by atoms with Crippen molar-refractivity contribution in [1.29, 1.82) is 0 Å². The summed E-state index contributed by atoms with van der Waals surface area (Å²) in [5, 5.41) is 22.3. The number of rotatable bonds is 4. The lowest BCUT2D eigenvalue weighted by molar-refractivity contribution is -0.393. The number of nitro benzene ring substituents is 2. The first-order valence-corrected chi connectivity index (χ1v) is 7.94. The Kier molecular flexibility index (Phi) is 4.81. The molecule has 0 bridgehead atoms. The maximum Gasteiger partial charge on any atom is 0.299 e. The quantitative estimate of drug-likeness (QED) is 0.609. The summed E-state index contributed by atoms with van der Waals surface area (Å²) in [4.78, 5) is 22.8. The number of anilines is 1. The molecule has 2 aromatic rings. The van der Waals surface area contributed by atoms with Crippen molar-refractivity contribution in [2.24, 2.45) is 0 Å². The molecule has 0 radical (unpaired) electrons. The predicted molar refractivity (Wildman–Crippen MR) is 91.7 cm³/mol. The highest BCUT2D eigenvalue weighted by molar-refractivity contribution is 5.67. The van der Waals surface area contributed by atoms with E-state index in [-0.39, 0.29) is 23.3 Å². The Morgan fingerprint density at radius 2 is 1.77 bits per heavy atom. The van der Waals surface area contributed by atoms with Crippen LogP contribution in [0.2, 0.25) is 0 Å². The van der Waals surface area contributed by atoms with Crippen molar-refractivity contribution in [3.63, 3.8) is 0 Å². The highest BCUT2D eigenvalue weighted by atomic mass is 19.1. The molecule has 9 heteroatoms. The second-order valence-electron chi connectivity index (χ2n) is 6.08. The van der Waals surface area contributed by atoms with Crippen LogP contribution in [0.3, 0.4) is 0 Å². The summed E-state index contributed by atoms with van der Waals surface area (Å²) < 4.78 is 19.0. The Hall–Kier alpha value is -3.07. The molecule has 0 aromatic heterocycles. The van der Waals surface area contributed by atoms with Gasteiger partial charge in [-0.2, -0.15) is 0 Å². The average Bonchev–Trinajstić information content (AvgIpc) is 2.61. The molecule has 2 unspecified atom stereocenters. The molecule has 0 amide bonds. The van der Waals surface area contributed by atoms with Crippen molar-refractivity contribution in [3.8, 4) is 0 Å². The van der Waals surface area contributed by atoms with Crippen LogP contribution in [0.1, 0.15) is 18.6 Å². The summed E-state index contributed by atoms with van der Waals surface area (Å²) in [5.41, 5.74) is 0.387. The van der Waals surface area contributed by atoms with Gasteiger partial charge in [0.2, 0.25) is 0 Å². The second-order valence-corrected chi connectivity index (χ2v) is 6.08. The number of halogens is 1. The minimum absolute atomic E-state index is 0.228. The van der Waals surface area contributed by atoms with E-state index >= 15 is 0 Å². The maximum absolute atomic E-state index is 13.1. The normalized spacial score (nSPS) is 20.0. The lowest BCUT2D eigenvalue weighted by Crippen LogP contribution is -2.43. The molecule has 0 aliphatic carbocycles. The number of non-ortho nitro benzene ring substituents is 1. The number of hydrogen-bond acceptors (Lipinski definition) is 6. The maximum atomic E-state index is 13.1. The topological polar surface area (TPSA) is 98.8 Å². The van der Waals surface area contributed by atoms with Gasteiger partial charge in [-0.1, -0.05) is 12.1 Å². The molecular weight excluding hydrogens is 345 g/mol. The summed E-state index contributed by atoms with van der Waals surface area (Å²) in [7, 11) is 0. The first-order chi connectivity index (χ1) is 12.3. The fourth-order valence-corrected chi connectivity index (χ4v) is 3.05. The van der Waals surface area contributed by atoms with E-state index < -0.39 is 16.0 Å². The van der Waals surface area contributed by atoms with Crippen LogP contribution in [0.25, 0.3) is 0 Å². The van der Waals surface area contributed by atoms with Crippen LogP contribution in [0.15, 0.2) is 42.5 Å². The summed E-state index contributed by atoms with van der Waals surface area (Å²) >= 11 is 0. The third-order valence-electron chi connectivity index (χ3n) is 4.21. The first-order valence-electron chi connectivity index (χ1n) is 7.94. The van der Waals surface area contributed by atoms with Crippen molar-refractivity contribution < 1.29 is 19.0 Å².